The zero-order valence-corrected chi connectivity index (χ0v) is 19.2. The first-order valence-corrected chi connectivity index (χ1v) is 11.1. The molecule has 1 aliphatic heterocycles. The summed E-state index contributed by atoms with van der Waals surface area (Å²) in [5.41, 5.74) is 1.74. The predicted molar refractivity (Wildman–Crippen MR) is 123 cm³/mol. The van der Waals surface area contributed by atoms with Crippen molar-refractivity contribution in [2.45, 2.75) is 6.23 Å². The maximum Gasteiger partial charge on any atom is 0.345 e. The third-order valence-corrected chi connectivity index (χ3v) is 6.29. The van der Waals surface area contributed by atoms with Gasteiger partial charge in [-0.15, -0.1) is 11.3 Å². The van der Waals surface area contributed by atoms with E-state index in [1.807, 2.05) is 6.07 Å². The summed E-state index contributed by atoms with van der Waals surface area (Å²) < 4.78 is 22.4. The van der Waals surface area contributed by atoms with Gasteiger partial charge in [0.25, 0.3) is 0 Å². The minimum Gasteiger partial charge on any atom is -0.493 e. The lowest BCUT2D eigenvalue weighted by atomic mass is 10.1. The Kier molecular flexibility index (Phi) is 5.10. The quantitative estimate of drug-likeness (QED) is 0.294. The maximum absolute atomic E-state index is 12.5. The first-order chi connectivity index (χ1) is 15.5. The van der Waals surface area contributed by atoms with Gasteiger partial charge in [0.05, 0.1) is 25.5 Å². The Morgan fingerprint density at radius 2 is 1.97 bits per heavy atom. The molecule has 0 aliphatic carbocycles. The van der Waals surface area contributed by atoms with Gasteiger partial charge in [-0.05, 0) is 36.4 Å². The Hall–Kier alpha value is -3.37. The molecular weight excluding hydrogens is 500 g/mol. The standard InChI is InChI=1S/C22H15BrN2O6S/c1-28-16-6-4-12-17(18(16)29-2)21(27)31-19(12)25-22-24-14(9-32-22)13-8-10-7-11(23)3-5-15(10)30-20(13)26/h3-9,19H,1-2H3,(H,24,25)/t19-/m1/s1. The molecule has 162 valence electrons. The van der Waals surface area contributed by atoms with Gasteiger partial charge in [-0.1, -0.05) is 15.9 Å². The fourth-order valence-electron chi connectivity index (χ4n) is 3.56. The van der Waals surface area contributed by atoms with Crippen molar-refractivity contribution >= 4 is 49.3 Å². The van der Waals surface area contributed by atoms with Gasteiger partial charge in [0, 0.05) is 20.8 Å². The molecule has 1 aliphatic rings. The second kappa shape index (κ2) is 7.95. The zero-order valence-electron chi connectivity index (χ0n) is 16.8. The largest absolute Gasteiger partial charge is 0.493 e. The molecule has 10 heteroatoms. The normalized spacial score (nSPS) is 14.8. The van der Waals surface area contributed by atoms with Crippen molar-refractivity contribution in [1.29, 1.82) is 0 Å². The van der Waals surface area contributed by atoms with E-state index < -0.39 is 17.8 Å². The highest BCUT2D eigenvalue weighted by atomic mass is 79.9. The van der Waals surface area contributed by atoms with E-state index in [4.69, 9.17) is 18.6 Å². The Morgan fingerprint density at radius 1 is 1.12 bits per heavy atom. The SMILES string of the molecule is COc1ccc2c(c1OC)C(=O)O[C@H]2Nc1nc(-c2cc3cc(Br)ccc3oc2=O)cs1. The van der Waals surface area contributed by atoms with Crippen LogP contribution in [0.2, 0.25) is 0 Å². The van der Waals surface area contributed by atoms with E-state index in [-0.39, 0.29) is 0 Å². The number of aromatic nitrogens is 1. The van der Waals surface area contributed by atoms with Gasteiger partial charge in [-0.2, -0.15) is 0 Å². The van der Waals surface area contributed by atoms with Gasteiger partial charge in [0.2, 0.25) is 6.23 Å². The number of rotatable bonds is 5. The zero-order chi connectivity index (χ0) is 22.4. The van der Waals surface area contributed by atoms with Crippen LogP contribution in [-0.2, 0) is 4.74 Å². The molecule has 1 N–H and O–H groups in total. The Balaban J connectivity index is 1.47. The summed E-state index contributed by atoms with van der Waals surface area (Å²) in [6.07, 6.45) is -0.750. The third kappa shape index (κ3) is 3.41. The Bertz CT molecular complexity index is 1430. The summed E-state index contributed by atoms with van der Waals surface area (Å²) in [5.74, 6) is 0.236. The number of fused-ring (bicyclic) bond motifs is 2. The molecule has 0 saturated heterocycles. The molecule has 2 aromatic heterocycles. The molecule has 5 rings (SSSR count). The third-order valence-electron chi connectivity index (χ3n) is 5.02. The van der Waals surface area contributed by atoms with E-state index in [0.717, 1.165) is 9.86 Å². The molecule has 8 nitrogen and oxygen atoms in total. The molecule has 0 radical (unpaired) electrons. The van der Waals surface area contributed by atoms with E-state index in [2.05, 4.69) is 26.2 Å². The highest BCUT2D eigenvalue weighted by molar-refractivity contribution is 9.10. The van der Waals surface area contributed by atoms with Crippen LogP contribution in [0.15, 0.2) is 55.5 Å². The summed E-state index contributed by atoms with van der Waals surface area (Å²) >= 11 is 4.70. The number of cyclic esters (lactones) is 1. The molecule has 32 heavy (non-hydrogen) atoms. The number of carbonyl (C=O) groups excluding carboxylic acids is 1. The molecule has 3 heterocycles. The molecule has 2 aromatic carbocycles. The predicted octanol–water partition coefficient (Wildman–Crippen LogP) is 4.98. The number of carbonyl (C=O) groups is 1. The lowest BCUT2D eigenvalue weighted by molar-refractivity contribution is 0.0435. The van der Waals surface area contributed by atoms with Gasteiger partial charge in [0.15, 0.2) is 16.6 Å². The highest BCUT2D eigenvalue weighted by Gasteiger charge is 2.36. The molecular formula is C22H15BrN2O6S. The van der Waals surface area contributed by atoms with Gasteiger partial charge < -0.3 is 23.9 Å². The summed E-state index contributed by atoms with van der Waals surface area (Å²) in [5, 5.41) is 6.10. The van der Waals surface area contributed by atoms with Gasteiger partial charge in [-0.25, -0.2) is 14.6 Å². The number of hydrogen-bond acceptors (Lipinski definition) is 9. The van der Waals surface area contributed by atoms with E-state index in [1.54, 1.807) is 35.7 Å². The molecule has 4 aromatic rings. The number of thiazole rings is 1. The number of methoxy groups -OCH3 is 2. The van der Waals surface area contributed by atoms with E-state index in [9.17, 15) is 9.59 Å². The monoisotopic (exact) mass is 514 g/mol. The second-order valence-electron chi connectivity index (χ2n) is 6.86. The summed E-state index contributed by atoms with van der Waals surface area (Å²) in [7, 11) is 2.96. The van der Waals surface area contributed by atoms with E-state index in [1.165, 1.54) is 25.6 Å². The van der Waals surface area contributed by atoms with Gasteiger partial charge >= 0.3 is 11.6 Å². The number of benzene rings is 2. The van der Waals surface area contributed by atoms with Crippen molar-refractivity contribution in [2.24, 2.45) is 0 Å². The van der Waals surface area contributed by atoms with Crippen LogP contribution in [0.25, 0.3) is 22.2 Å². The van der Waals surface area contributed by atoms with Crippen LogP contribution in [0.1, 0.15) is 22.1 Å². The molecule has 0 unspecified atom stereocenters. The molecule has 1 atom stereocenters. The van der Waals surface area contributed by atoms with Crippen LogP contribution in [0.5, 0.6) is 11.5 Å². The molecule has 0 fully saturated rings. The van der Waals surface area contributed by atoms with Crippen LogP contribution in [-0.4, -0.2) is 25.2 Å². The van der Waals surface area contributed by atoms with Crippen molar-refractivity contribution in [3.63, 3.8) is 0 Å². The molecule has 0 spiro atoms. The number of nitrogens with one attached hydrogen (secondary N) is 1. The van der Waals surface area contributed by atoms with Crippen molar-refractivity contribution in [3.05, 3.63) is 67.8 Å². The lowest BCUT2D eigenvalue weighted by Crippen LogP contribution is -2.10. The van der Waals surface area contributed by atoms with Crippen molar-refractivity contribution in [1.82, 2.24) is 4.98 Å². The fraction of sp³-hybridized carbons (Fsp3) is 0.136. The maximum atomic E-state index is 12.5. The van der Waals surface area contributed by atoms with Crippen molar-refractivity contribution in [3.8, 4) is 22.8 Å². The fourth-order valence-corrected chi connectivity index (χ4v) is 4.66. The number of halogens is 1. The van der Waals surface area contributed by atoms with Crippen LogP contribution < -0.4 is 20.4 Å². The number of hydrogen-bond donors (Lipinski definition) is 1. The smallest absolute Gasteiger partial charge is 0.345 e. The van der Waals surface area contributed by atoms with Crippen molar-refractivity contribution in [2.75, 3.05) is 19.5 Å². The number of anilines is 1. The molecule has 0 bridgehead atoms. The number of nitrogens with zero attached hydrogens (tertiary/aromatic N) is 1. The molecule has 0 saturated carbocycles. The van der Waals surface area contributed by atoms with Crippen LogP contribution in [0.3, 0.4) is 0 Å². The first-order valence-electron chi connectivity index (χ1n) is 9.40. The Labute approximate surface area is 193 Å². The number of esters is 1. The molecule has 0 amide bonds. The number of ether oxygens (including phenoxy) is 3. The minimum atomic E-state index is -0.750. The summed E-state index contributed by atoms with van der Waals surface area (Å²) in [4.78, 5) is 29.4. The second-order valence-corrected chi connectivity index (χ2v) is 8.64. The van der Waals surface area contributed by atoms with Crippen LogP contribution in [0.4, 0.5) is 5.13 Å². The summed E-state index contributed by atoms with van der Waals surface area (Å²) in [6, 6.07) is 10.6. The van der Waals surface area contributed by atoms with Gasteiger partial charge in [-0.3, -0.25) is 0 Å². The average molecular weight is 515 g/mol. The van der Waals surface area contributed by atoms with E-state index >= 15 is 0 Å². The van der Waals surface area contributed by atoms with Crippen LogP contribution >= 0.6 is 27.3 Å². The highest BCUT2D eigenvalue weighted by Crippen LogP contribution is 2.42. The lowest BCUT2D eigenvalue weighted by Gasteiger charge is -2.13. The van der Waals surface area contributed by atoms with Crippen LogP contribution in [0, 0.1) is 0 Å². The summed E-state index contributed by atoms with van der Waals surface area (Å²) in [6.45, 7) is 0. The van der Waals surface area contributed by atoms with E-state index in [0.29, 0.717) is 44.6 Å². The minimum absolute atomic E-state index is 0.307. The average Bonchev–Trinajstić information content (AvgIpc) is 3.37. The first kappa shape index (κ1) is 20.5. The van der Waals surface area contributed by atoms with Gasteiger partial charge in [0.1, 0.15) is 11.1 Å². The topological polar surface area (TPSA) is 99.9 Å². The Morgan fingerprint density at radius 3 is 2.75 bits per heavy atom. The van der Waals surface area contributed by atoms with Crippen molar-refractivity contribution < 1.29 is 23.4 Å².